The van der Waals surface area contributed by atoms with E-state index in [-0.39, 0.29) is 0 Å². The van der Waals surface area contributed by atoms with E-state index in [2.05, 4.69) is 22.9 Å². The van der Waals surface area contributed by atoms with Gasteiger partial charge in [-0.3, -0.25) is 0 Å². The topological polar surface area (TPSA) is 38.2 Å². The number of thiocarbonyl (C=S) groups is 1. The number of aryl methyl sites for hydroxylation is 1. The van der Waals surface area contributed by atoms with Crippen LogP contribution in [0.2, 0.25) is 0 Å². The van der Waals surface area contributed by atoms with Crippen LogP contribution < -0.4 is 10.6 Å². The van der Waals surface area contributed by atoms with Gasteiger partial charge < -0.3 is 19.9 Å². The maximum atomic E-state index is 5.14. The highest BCUT2D eigenvalue weighted by Gasteiger charge is 1.97. The highest BCUT2D eigenvalue weighted by molar-refractivity contribution is 7.80. The second-order valence-electron chi connectivity index (χ2n) is 3.64. The molecule has 0 aliphatic heterocycles. The van der Waals surface area contributed by atoms with Crippen LogP contribution in [-0.2, 0) is 18.3 Å². The van der Waals surface area contributed by atoms with Gasteiger partial charge in [-0.25, -0.2) is 0 Å². The molecular formula is C11H19N3OS. The van der Waals surface area contributed by atoms with Crippen LogP contribution in [0.3, 0.4) is 0 Å². The first-order chi connectivity index (χ1) is 7.72. The van der Waals surface area contributed by atoms with Crippen molar-refractivity contribution in [3.05, 3.63) is 24.0 Å². The summed E-state index contributed by atoms with van der Waals surface area (Å²) in [7, 11) is 3.71. The molecule has 0 amide bonds. The second kappa shape index (κ2) is 7.24. The van der Waals surface area contributed by atoms with Crippen molar-refractivity contribution in [3.8, 4) is 0 Å². The Hall–Kier alpha value is -1.07. The van der Waals surface area contributed by atoms with E-state index in [0.29, 0.717) is 5.11 Å². The number of hydrogen-bond donors (Lipinski definition) is 2. The molecule has 1 rings (SSSR count). The summed E-state index contributed by atoms with van der Waals surface area (Å²) in [5.74, 6) is 0. The van der Waals surface area contributed by atoms with Gasteiger partial charge >= 0.3 is 0 Å². The number of nitrogens with one attached hydrogen (secondary N) is 2. The lowest BCUT2D eigenvalue weighted by Gasteiger charge is -2.09. The summed E-state index contributed by atoms with van der Waals surface area (Å²) in [4.78, 5) is 0. The molecule has 1 aromatic heterocycles. The molecule has 16 heavy (non-hydrogen) atoms. The lowest BCUT2D eigenvalue weighted by molar-refractivity contribution is 0.195. The maximum absolute atomic E-state index is 5.14. The van der Waals surface area contributed by atoms with Crippen LogP contribution in [0.25, 0.3) is 0 Å². The Morgan fingerprint density at radius 3 is 2.94 bits per heavy atom. The third-order valence-corrected chi connectivity index (χ3v) is 2.45. The molecule has 0 aliphatic carbocycles. The van der Waals surface area contributed by atoms with Crippen molar-refractivity contribution in [1.29, 1.82) is 0 Å². The monoisotopic (exact) mass is 241 g/mol. The van der Waals surface area contributed by atoms with Crippen LogP contribution in [0.4, 0.5) is 0 Å². The smallest absolute Gasteiger partial charge is 0.166 e. The molecule has 0 saturated carbocycles. The van der Waals surface area contributed by atoms with Crippen molar-refractivity contribution in [2.45, 2.75) is 13.0 Å². The Morgan fingerprint density at radius 2 is 2.31 bits per heavy atom. The van der Waals surface area contributed by atoms with Gasteiger partial charge in [-0.2, -0.15) is 0 Å². The number of ether oxygens (including phenoxy) is 1. The fourth-order valence-electron chi connectivity index (χ4n) is 1.33. The first-order valence-corrected chi connectivity index (χ1v) is 5.74. The molecule has 90 valence electrons. The Morgan fingerprint density at radius 1 is 1.50 bits per heavy atom. The minimum Gasteiger partial charge on any atom is -0.385 e. The second-order valence-corrected chi connectivity index (χ2v) is 4.05. The van der Waals surface area contributed by atoms with E-state index < -0.39 is 0 Å². The van der Waals surface area contributed by atoms with Gasteiger partial charge in [0.2, 0.25) is 0 Å². The SMILES string of the molecule is COCCCNC(=S)NCc1ccn(C)c1. The first kappa shape index (κ1) is 13.0. The molecular weight excluding hydrogens is 222 g/mol. The van der Waals surface area contributed by atoms with Gasteiger partial charge in [0.05, 0.1) is 0 Å². The molecule has 5 heteroatoms. The number of methoxy groups -OCH3 is 1. The third kappa shape index (κ3) is 5.14. The Bertz CT molecular complexity index is 325. The normalized spacial score (nSPS) is 10.1. The summed E-state index contributed by atoms with van der Waals surface area (Å²) in [6.45, 7) is 2.36. The van der Waals surface area contributed by atoms with Crippen molar-refractivity contribution < 1.29 is 4.74 Å². The first-order valence-electron chi connectivity index (χ1n) is 5.34. The summed E-state index contributed by atoms with van der Waals surface area (Å²) < 4.78 is 6.97. The van der Waals surface area contributed by atoms with Crippen molar-refractivity contribution in [3.63, 3.8) is 0 Å². The van der Waals surface area contributed by atoms with Gasteiger partial charge in [0, 0.05) is 46.2 Å². The largest absolute Gasteiger partial charge is 0.385 e. The molecule has 0 fully saturated rings. The van der Waals surface area contributed by atoms with Gasteiger partial charge in [0.25, 0.3) is 0 Å². The zero-order valence-corrected chi connectivity index (χ0v) is 10.6. The van der Waals surface area contributed by atoms with Crippen LogP contribution >= 0.6 is 12.2 Å². The van der Waals surface area contributed by atoms with E-state index in [1.165, 1.54) is 5.56 Å². The molecule has 0 unspecified atom stereocenters. The van der Waals surface area contributed by atoms with Crippen LogP contribution in [0.15, 0.2) is 18.5 Å². The lowest BCUT2D eigenvalue weighted by atomic mass is 10.3. The van der Waals surface area contributed by atoms with E-state index in [0.717, 1.165) is 26.1 Å². The quantitative estimate of drug-likeness (QED) is 0.576. The molecule has 2 N–H and O–H groups in total. The van der Waals surface area contributed by atoms with Crippen LogP contribution in [-0.4, -0.2) is 29.9 Å². The van der Waals surface area contributed by atoms with Crippen LogP contribution in [0.1, 0.15) is 12.0 Å². The predicted octanol–water partition coefficient (Wildman–Crippen LogP) is 1.03. The molecule has 0 aliphatic rings. The molecule has 0 bridgehead atoms. The van der Waals surface area contributed by atoms with E-state index >= 15 is 0 Å². The average molecular weight is 241 g/mol. The van der Waals surface area contributed by atoms with Gasteiger partial charge in [-0.15, -0.1) is 0 Å². The Balaban J connectivity index is 2.10. The van der Waals surface area contributed by atoms with Crippen molar-refractivity contribution >= 4 is 17.3 Å². The Kier molecular flexibility index (Phi) is 5.88. The number of nitrogens with zero attached hydrogens (tertiary/aromatic N) is 1. The molecule has 4 nitrogen and oxygen atoms in total. The van der Waals surface area contributed by atoms with Crippen molar-refractivity contribution in [1.82, 2.24) is 15.2 Å². The Labute approximate surface area is 102 Å². The minimum absolute atomic E-state index is 0.694. The molecule has 0 saturated heterocycles. The third-order valence-electron chi connectivity index (χ3n) is 2.16. The molecule has 1 aromatic rings. The number of aromatic nitrogens is 1. The number of hydrogen-bond acceptors (Lipinski definition) is 2. The summed E-state index contributed by atoms with van der Waals surface area (Å²) in [6, 6.07) is 2.07. The average Bonchev–Trinajstić information content (AvgIpc) is 2.68. The van der Waals surface area contributed by atoms with E-state index in [9.17, 15) is 0 Å². The van der Waals surface area contributed by atoms with Gasteiger partial charge in [0.15, 0.2) is 5.11 Å². The highest BCUT2D eigenvalue weighted by Crippen LogP contribution is 1.97. The van der Waals surface area contributed by atoms with E-state index in [1.54, 1.807) is 7.11 Å². The standard InChI is InChI=1S/C11H19N3OS/c1-14-6-4-10(9-14)8-13-11(16)12-5-3-7-15-2/h4,6,9H,3,5,7-8H2,1-2H3,(H2,12,13,16). The fourth-order valence-corrected chi connectivity index (χ4v) is 1.50. The van der Waals surface area contributed by atoms with Gasteiger partial charge in [-0.1, -0.05) is 0 Å². The van der Waals surface area contributed by atoms with Gasteiger partial charge in [0.1, 0.15) is 0 Å². The van der Waals surface area contributed by atoms with Crippen LogP contribution in [0.5, 0.6) is 0 Å². The summed E-state index contributed by atoms with van der Waals surface area (Å²) in [5, 5.41) is 6.98. The lowest BCUT2D eigenvalue weighted by Crippen LogP contribution is -2.35. The van der Waals surface area contributed by atoms with Crippen molar-refractivity contribution in [2.24, 2.45) is 7.05 Å². The minimum atomic E-state index is 0.694. The summed E-state index contributed by atoms with van der Waals surface area (Å²) in [6.07, 6.45) is 5.05. The zero-order valence-electron chi connectivity index (χ0n) is 9.82. The summed E-state index contributed by atoms with van der Waals surface area (Å²) >= 11 is 5.14. The molecule has 0 radical (unpaired) electrons. The van der Waals surface area contributed by atoms with Crippen LogP contribution in [0, 0.1) is 0 Å². The maximum Gasteiger partial charge on any atom is 0.166 e. The zero-order chi connectivity index (χ0) is 11.8. The fraction of sp³-hybridized carbons (Fsp3) is 0.545. The van der Waals surface area contributed by atoms with E-state index in [4.69, 9.17) is 17.0 Å². The molecule has 0 spiro atoms. The van der Waals surface area contributed by atoms with Gasteiger partial charge in [-0.05, 0) is 30.3 Å². The number of rotatable bonds is 6. The molecule has 0 aromatic carbocycles. The highest BCUT2D eigenvalue weighted by atomic mass is 32.1. The molecule has 0 atom stereocenters. The summed E-state index contributed by atoms with van der Waals surface area (Å²) in [5.41, 5.74) is 1.23. The predicted molar refractivity (Wildman–Crippen MR) is 69.3 cm³/mol. The van der Waals surface area contributed by atoms with Crippen molar-refractivity contribution in [2.75, 3.05) is 20.3 Å². The molecule has 1 heterocycles. The van der Waals surface area contributed by atoms with E-state index in [1.807, 2.05) is 17.8 Å².